The molecule has 4 nitrogen and oxygen atoms in total. The summed E-state index contributed by atoms with van der Waals surface area (Å²) in [6.07, 6.45) is 3.54. The molecule has 3 N–H and O–H groups in total. The number of nitrogens with one attached hydrogen (secondary N) is 1. The Kier molecular flexibility index (Phi) is 3.52. The Morgan fingerprint density at radius 1 is 1.50 bits per heavy atom. The molecule has 1 fully saturated rings. The van der Waals surface area contributed by atoms with Gasteiger partial charge in [-0.05, 0) is 37.7 Å². The van der Waals surface area contributed by atoms with E-state index < -0.39 is 0 Å². The van der Waals surface area contributed by atoms with Crippen molar-refractivity contribution in [2.45, 2.75) is 46.1 Å². The molecule has 1 heterocycles. The van der Waals surface area contributed by atoms with Gasteiger partial charge in [0.05, 0.1) is 0 Å². The average Bonchev–Trinajstić information content (AvgIpc) is 2.57. The Morgan fingerprint density at radius 3 is 2.78 bits per heavy atom. The van der Waals surface area contributed by atoms with Gasteiger partial charge in [-0.15, -0.1) is 0 Å². The first-order valence-electron chi connectivity index (χ1n) is 6.28. The zero-order chi connectivity index (χ0) is 13.3. The number of hydrogen-bond acceptors (Lipinski definition) is 4. The molecular weight excluding hydrogens is 244 g/mol. The summed E-state index contributed by atoms with van der Waals surface area (Å²) >= 11 is 4.96. The number of nitrogens with zero attached hydrogens (tertiary/aromatic N) is 2. The Bertz CT molecular complexity index is 470. The zero-order valence-electron chi connectivity index (χ0n) is 11.2. The topological polar surface area (TPSA) is 63.8 Å². The summed E-state index contributed by atoms with van der Waals surface area (Å²) in [5.74, 6) is 0.639. The molecule has 0 spiro atoms. The van der Waals surface area contributed by atoms with Crippen molar-refractivity contribution in [2.24, 2.45) is 11.1 Å². The molecular formula is C13H20N4S. The molecule has 1 saturated carbocycles. The van der Waals surface area contributed by atoms with Crippen LogP contribution in [0.3, 0.4) is 0 Å². The van der Waals surface area contributed by atoms with E-state index >= 15 is 0 Å². The van der Waals surface area contributed by atoms with Crippen LogP contribution in [0.25, 0.3) is 0 Å². The van der Waals surface area contributed by atoms with E-state index in [1.807, 2.05) is 13.0 Å². The zero-order valence-corrected chi connectivity index (χ0v) is 12.0. The van der Waals surface area contributed by atoms with Crippen LogP contribution in [0.1, 0.15) is 44.5 Å². The van der Waals surface area contributed by atoms with Crippen molar-refractivity contribution in [1.82, 2.24) is 9.97 Å². The lowest BCUT2D eigenvalue weighted by Crippen LogP contribution is -2.21. The summed E-state index contributed by atoms with van der Waals surface area (Å²) in [4.78, 5) is 9.06. The lowest BCUT2D eigenvalue weighted by molar-refractivity contribution is 0.378. The van der Waals surface area contributed by atoms with E-state index in [4.69, 9.17) is 18.0 Å². The standard InChI is InChI=1S/C13H20N4S/c1-8-6-10(11(14)18)17-12(15-8)16-9-4-5-13(2,3)7-9/h6,9H,4-5,7H2,1-3H3,(H2,14,18)(H,15,16,17). The van der Waals surface area contributed by atoms with Crippen molar-refractivity contribution in [3.63, 3.8) is 0 Å². The number of nitrogens with two attached hydrogens (primary N) is 1. The number of anilines is 1. The molecule has 0 bridgehead atoms. The quantitative estimate of drug-likeness (QED) is 0.821. The Morgan fingerprint density at radius 2 is 2.22 bits per heavy atom. The van der Waals surface area contributed by atoms with Crippen LogP contribution in [0.15, 0.2) is 6.07 Å². The summed E-state index contributed by atoms with van der Waals surface area (Å²) < 4.78 is 0. The monoisotopic (exact) mass is 264 g/mol. The van der Waals surface area contributed by atoms with Gasteiger partial charge in [0.25, 0.3) is 0 Å². The smallest absolute Gasteiger partial charge is 0.223 e. The molecule has 2 rings (SSSR count). The number of rotatable bonds is 3. The van der Waals surface area contributed by atoms with E-state index in [1.54, 1.807) is 0 Å². The number of thiocarbonyl (C=S) groups is 1. The third-order valence-electron chi connectivity index (χ3n) is 3.41. The lowest BCUT2D eigenvalue weighted by atomic mass is 9.92. The largest absolute Gasteiger partial charge is 0.388 e. The van der Waals surface area contributed by atoms with Crippen LogP contribution in [-0.4, -0.2) is 21.0 Å². The fourth-order valence-electron chi connectivity index (χ4n) is 2.50. The average molecular weight is 264 g/mol. The van der Waals surface area contributed by atoms with Crippen LogP contribution < -0.4 is 11.1 Å². The predicted molar refractivity (Wildman–Crippen MR) is 77.7 cm³/mol. The molecule has 1 aromatic heterocycles. The van der Waals surface area contributed by atoms with Crippen molar-refractivity contribution in [1.29, 1.82) is 0 Å². The number of aryl methyl sites for hydroxylation is 1. The van der Waals surface area contributed by atoms with Crippen molar-refractivity contribution in [2.75, 3.05) is 5.32 Å². The van der Waals surface area contributed by atoms with Gasteiger partial charge < -0.3 is 11.1 Å². The minimum Gasteiger partial charge on any atom is -0.388 e. The van der Waals surface area contributed by atoms with Crippen LogP contribution in [-0.2, 0) is 0 Å². The van der Waals surface area contributed by atoms with Crippen molar-refractivity contribution < 1.29 is 0 Å². The van der Waals surface area contributed by atoms with E-state index in [9.17, 15) is 0 Å². The molecule has 1 aliphatic carbocycles. The van der Waals surface area contributed by atoms with Crippen molar-refractivity contribution >= 4 is 23.2 Å². The molecule has 5 heteroatoms. The first-order valence-corrected chi connectivity index (χ1v) is 6.69. The van der Waals surface area contributed by atoms with Crippen molar-refractivity contribution in [3.8, 4) is 0 Å². The number of hydrogen-bond donors (Lipinski definition) is 2. The minimum atomic E-state index is 0.315. The normalized spacial score (nSPS) is 21.8. The van der Waals surface area contributed by atoms with Crippen LogP contribution in [0.4, 0.5) is 5.95 Å². The fraction of sp³-hybridized carbons (Fsp3) is 0.615. The summed E-state index contributed by atoms with van der Waals surface area (Å²) in [7, 11) is 0. The van der Waals surface area contributed by atoms with Crippen LogP contribution >= 0.6 is 12.2 Å². The highest BCUT2D eigenvalue weighted by Gasteiger charge is 2.31. The molecule has 1 aromatic rings. The molecule has 0 radical (unpaired) electrons. The highest BCUT2D eigenvalue weighted by atomic mass is 32.1. The first kappa shape index (κ1) is 13.2. The Balaban J connectivity index is 2.12. The van der Waals surface area contributed by atoms with Crippen molar-refractivity contribution in [3.05, 3.63) is 17.5 Å². The first-order chi connectivity index (χ1) is 8.35. The molecule has 0 aromatic carbocycles. The minimum absolute atomic E-state index is 0.315. The molecule has 18 heavy (non-hydrogen) atoms. The van der Waals surface area contributed by atoms with Crippen LogP contribution in [0.2, 0.25) is 0 Å². The van der Waals surface area contributed by atoms with Gasteiger partial charge in [0.15, 0.2) is 0 Å². The van der Waals surface area contributed by atoms with Crippen LogP contribution in [0, 0.1) is 12.3 Å². The Hall–Kier alpha value is -1.23. The van der Waals surface area contributed by atoms with Gasteiger partial charge in [-0.1, -0.05) is 26.1 Å². The van der Waals surface area contributed by atoms with Gasteiger partial charge >= 0.3 is 0 Å². The summed E-state index contributed by atoms with van der Waals surface area (Å²) in [6.45, 7) is 6.52. The summed E-state index contributed by atoms with van der Waals surface area (Å²) in [5.41, 5.74) is 7.54. The van der Waals surface area contributed by atoms with E-state index in [-0.39, 0.29) is 0 Å². The van der Waals surface area contributed by atoms with Gasteiger partial charge in [-0.2, -0.15) is 0 Å². The van der Waals surface area contributed by atoms with E-state index in [0.29, 0.717) is 28.1 Å². The summed E-state index contributed by atoms with van der Waals surface area (Å²) in [6, 6.07) is 2.26. The van der Waals surface area contributed by atoms with E-state index in [0.717, 1.165) is 18.5 Å². The molecule has 0 saturated heterocycles. The second-order valence-corrected chi connectivity index (χ2v) is 6.27. The third-order valence-corrected chi connectivity index (χ3v) is 3.62. The van der Waals surface area contributed by atoms with E-state index in [2.05, 4.69) is 29.1 Å². The van der Waals surface area contributed by atoms with Gasteiger partial charge in [-0.3, -0.25) is 0 Å². The fourth-order valence-corrected chi connectivity index (χ4v) is 2.61. The molecule has 1 aliphatic rings. The third kappa shape index (κ3) is 3.16. The van der Waals surface area contributed by atoms with E-state index in [1.165, 1.54) is 6.42 Å². The van der Waals surface area contributed by atoms with Gasteiger partial charge in [0.1, 0.15) is 10.7 Å². The molecule has 1 atom stereocenters. The van der Waals surface area contributed by atoms with Gasteiger partial charge in [0, 0.05) is 11.7 Å². The Labute approximate surface area is 113 Å². The molecule has 0 amide bonds. The second kappa shape index (κ2) is 4.80. The van der Waals surface area contributed by atoms with Gasteiger partial charge in [-0.25, -0.2) is 9.97 Å². The molecule has 1 unspecified atom stereocenters. The van der Waals surface area contributed by atoms with Gasteiger partial charge in [0.2, 0.25) is 5.95 Å². The molecule has 98 valence electrons. The SMILES string of the molecule is Cc1cc(C(N)=S)nc(NC2CCC(C)(C)C2)n1. The van der Waals surface area contributed by atoms with Crippen LogP contribution in [0.5, 0.6) is 0 Å². The predicted octanol–water partition coefficient (Wildman–Crippen LogP) is 2.41. The highest BCUT2D eigenvalue weighted by molar-refractivity contribution is 7.80. The maximum Gasteiger partial charge on any atom is 0.223 e. The number of aromatic nitrogens is 2. The molecule has 0 aliphatic heterocycles. The maximum atomic E-state index is 5.62. The lowest BCUT2D eigenvalue weighted by Gasteiger charge is -2.18. The highest BCUT2D eigenvalue weighted by Crippen LogP contribution is 2.37. The summed E-state index contributed by atoms with van der Waals surface area (Å²) in [5, 5.41) is 3.40. The second-order valence-electron chi connectivity index (χ2n) is 5.83. The maximum absolute atomic E-state index is 5.62.